The number of nitrogens with zero attached hydrogens (tertiary/aromatic N) is 5. The molecule has 0 aliphatic rings. The summed E-state index contributed by atoms with van der Waals surface area (Å²) >= 11 is 0. The Balaban J connectivity index is 1.87. The lowest BCUT2D eigenvalue weighted by Gasteiger charge is -2.12. The van der Waals surface area contributed by atoms with Crippen molar-refractivity contribution in [1.82, 2.24) is 24.8 Å². The van der Waals surface area contributed by atoms with E-state index >= 15 is 0 Å². The molecule has 0 amide bonds. The van der Waals surface area contributed by atoms with Crippen LogP contribution in [-0.4, -0.2) is 30.6 Å². The Morgan fingerprint density at radius 3 is 2.84 bits per heavy atom. The van der Waals surface area contributed by atoms with Crippen molar-refractivity contribution >= 4 is 22.3 Å². The lowest BCUT2D eigenvalue weighted by atomic mass is 9.98. The van der Waals surface area contributed by atoms with Gasteiger partial charge >= 0.3 is 0 Å². The molecule has 0 unspecified atom stereocenters. The topological polar surface area (TPSA) is 73.0 Å². The van der Waals surface area contributed by atoms with Gasteiger partial charge < -0.3 is 0 Å². The van der Waals surface area contributed by atoms with E-state index in [0.29, 0.717) is 28.2 Å². The van der Waals surface area contributed by atoms with Crippen molar-refractivity contribution in [3.8, 4) is 0 Å². The fraction of sp³-hybridized carbons (Fsp3) is 0.167. The van der Waals surface area contributed by atoms with E-state index in [1.54, 1.807) is 24.4 Å². The Hall–Kier alpha value is -3.22. The van der Waals surface area contributed by atoms with E-state index < -0.39 is 5.92 Å². The van der Waals surface area contributed by atoms with Crippen LogP contribution in [0, 0.1) is 5.82 Å². The minimum absolute atomic E-state index is 0.155. The predicted octanol–water partition coefficient (Wildman–Crippen LogP) is 3.17. The van der Waals surface area contributed by atoms with E-state index in [1.807, 2.05) is 19.1 Å². The molecule has 0 radical (unpaired) electrons. The van der Waals surface area contributed by atoms with Gasteiger partial charge in [0.1, 0.15) is 11.5 Å². The standard InChI is InChI=1S/C18H14FN5O/c1-10(13-8-12-4-3-7-20-16(12)9-14(13)19)18-22-21-17-6-5-15(11(2)25)23-24(17)18/h3-10H,1-2H3/t10-/m0/s1. The second kappa shape index (κ2) is 5.70. The summed E-state index contributed by atoms with van der Waals surface area (Å²) in [5.41, 5.74) is 1.89. The van der Waals surface area contributed by atoms with Crippen LogP contribution in [-0.2, 0) is 0 Å². The first-order chi connectivity index (χ1) is 12.0. The maximum atomic E-state index is 14.6. The molecule has 25 heavy (non-hydrogen) atoms. The Labute approximate surface area is 142 Å². The van der Waals surface area contributed by atoms with Crippen LogP contribution in [0.3, 0.4) is 0 Å². The monoisotopic (exact) mass is 335 g/mol. The third-order valence-corrected chi connectivity index (χ3v) is 4.22. The predicted molar refractivity (Wildman–Crippen MR) is 90.0 cm³/mol. The summed E-state index contributed by atoms with van der Waals surface area (Å²) in [5.74, 6) is -0.440. The van der Waals surface area contributed by atoms with Crippen LogP contribution in [0.25, 0.3) is 16.6 Å². The number of halogens is 1. The van der Waals surface area contributed by atoms with Crippen molar-refractivity contribution in [2.24, 2.45) is 0 Å². The average Bonchev–Trinajstić information content (AvgIpc) is 3.03. The maximum Gasteiger partial charge on any atom is 0.179 e. The highest BCUT2D eigenvalue weighted by molar-refractivity contribution is 5.92. The fourth-order valence-corrected chi connectivity index (χ4v) is 2.85. The fourth-order valence-electron chi connectivity index (χ4n) is 2.85. The first kappa shape index (κ1) is 15.3. The van der Waals surface area contributed by atoms with Gasteiger partial charge in [-0.05, 0) is 29.8 Å². The second-order valence-electron chi connectivity index (χ2n) is 5.89. The molecule has 3 aromatic heterocycles. The van der Waals surface area contributed by atoms with E-state index in [1.165, 1.54) is 17.5 Å². The SMILES string of the molecule is CC(=O)c1ccc2nnc([C@@H](C)c3cc4cccnc4cc3F)n2n1. The van der Waals surface area contributed by atoms with Crippen molar-refractivity contribution < 1.29 is 9.18 Å². The molecule has 0 aliphatic heterocycles. The molecule has 0 spiro atoms. The number of aromatic nitrogens is 5. The Bertz CT molecular complexity index is 1120. The zero-order valence-electron chi connectivity index (χ0n) is 13.6. The first-order valence-corrected chi connectivity index (χ1v) is 7.82. The molecule has 0 saturated heterocycles. The molecule has 1 aromatic carbocycles. The molecule has 3 heterocycles. The first-order valence-electron chi connectivity index (χ1n) is 7.82. The molecule has 1 atom stereocenters. The second-order valence-corrected chi connectivity index (χ2v) is 5.89. The minimum atomic E-state index is -0.394. The highest BCUT2D eigenvalue weighted by Gasteiger charge is 2.21. The molecule has 4 aromatic rings. The number of hydrogen-bond donors (Lipinski definition) is 0. The molecule has 0 N–H and O–H groups in total. The third-order valence-electron chi connectivity index (χ3n) is 4.22. The van der Waals surface area contributed by atoms with Gasteiger partial charge in [-0.1, -0.05) is 13.0 Å². The number of Topliss-reactive ketones (excluding diaryl/α,β-unsaturated/α-hetero) is 1. The molecule has 0 aliphatic carbocycles. The summed E-state index contributed by atoms with van der Waals surface area (Å²) in [4.78, 5) is 15.7. The van der Waals surface area contributed by atoms with E-state index in [2.05, 4.69) is 20.3 Å². The lowest BCUT2D eigenvalue weighted by molar-refractivity contribution is 0.101. The molecular formula is C18H14FN5O. The number of ketones is 1. The van der Waals surface area contributed by atoms with Crippen LogP contribution < -0.4 is 0 Å². The highest BCUT2D eigenvalue weighted by Crippen LogP contribution is 2.28. The summed E-state index contributed by atoms with van der Waals surface area (Å²) in [6, 6.07) is 10.1. The Kier molecular flexibility index (Phi) is 3.49. The number of carbonyl (C=O) groups is 1. The van der Waals surface area contributed by atoms with Gasteiger partial charge in [-0.2, -0.15) is 9.61 Å². The van der Waals surface area contributed by atoms with Crippen LogP contribution in [0.5, 0.6) is 0 Å². The Morgan fingerprint density at radius 2 is 2.04 bits per heavy atom. The summed E-state index contributed by atoms with van der Waals surface area (Å²) in [5, 5.41) is 13.3. The largest absolute Gasteiger partial charge is 0.293 e. The summed E-state index contributed by atoms with van der Waals surface area (Å²) < 4.78 is 16.1. The van der Waals surface area contributed by atoms with Crippen LogP contribution in [0.2, 0.25) is 0 Å². The normalized spacial score (nSPS) is 12.6. The number of pyridine rings is 1. The number of rotatable bonds is 3. The van der Waals surface area contributed by atoms with E-state index in [0.717, 1.165) is 5.39 Å². The van der Waals surface area contributed by atoms with E-state index in [4.69, 9.17) is 0 Å². The maximum absolute atomic E-state index is 14.6. The van der Waals surface area contributed by atoms with Crippen molar-refractivity contribution in [2.75, 3.05) is 0 Å². The third kappa shape index (κ3) is 2.53. The van der Waals surface area contributed by atoms with Crippen molar-refractivity contribution in [3.05, 3.63) is 65.5 Å². The molecule has 0 saturated carbocycles. The highest BCUT2D eigenvalue weighted by atomic mass is 19.1. The minimum Gasteiger partial charge on any atom is -0.293 e. The molecule has 6 nitrogen and oxygen atoms in total. The molecule has 7 heteroatoms. The molecule has 0 bridgehead atoms. The van der Waals surface area contributed by atoms with Gasteiger partial charge in [0.2, 0.25) is 0 Å². The zero-order valence-corrected chi connectivity index (χ0v) is 13.6. The average molecular weight is 335 g/mol. The number of carbonyl (C=O) groups excluding carboxylic acids is 1. The van der Waals surface area contributed by atoms with Crippen molar-refractivity contribution in [2.45, 2.75) is 19.8 Å². The van der Waals surface area contributed by atoms with Crippen molar-refractivity contribution in [3.63, 3.8) is 0 Å². The molecule has 0 fully saturated rings. The van der Waals surface area contributed by atoms with E-state index in [-0.39, 0.29) is 11.6 Å². The van der Waals surface area contributed by atoms with Gasteiger partial charge in [0, 0.05) is 30.5 Å². The molecular weight excluding hydrogens is 321 g/mol. The lowest BCUT2D eigenvalue weighted by Crippen LogP contribution is -2.09. The van der Waals surface area contributed by atoms with Gasteiger partial charge in [-0.25, -0.2) is 4.39 Å². The van der Waals surface area contributed by atoms with Gasteiger partial charge in [0.05, 0.1) is 5.52 Å². The number of hydrogen-bond acceptors (Lipinski definition) is 5. The summed E-state index contributed by atoms with van der Waals surface area (Å²) in [6.45, 7) is 3.27. The number of fused-ring (bicyclic) bond motifs is 2. The molecule has 4 rings (SSSR count). The molecule has 124 valence electrons. The summed E-state index contributed by atoms with van der Waals surface area (Å²) in [7, 11) is 0. The van der Waals surface area contributed by atoms with Crippen molar-refractivity contribution in [1.29, 1.82) is 0 Å². The summed E-state index contributed by atoms with van der Waals surface area (Å²) in [6.07, 6.45) is 1.63. The van der Waals surface area contributed by atoms with Gasteiger partial charge in [0.15, 0.2) is 17.3 Å². The quantitative estimate of drug-likeness (QED) is 0.538. The van der Waals surface area contributed by atoms with Crippen LogP contribution in [0.1, 0.15) is 41.6 Å². The van der Waals surface area contributed by atoms with Gasteiger partial charge in [0.25, 0.3) is 0 Å². The Morgan fingerprint density at radius 1 is 1.20 bits per heavy atom. The number of benzene rings is 1. The van der Waals surface area contributed by atoms with Crippen LogP contribution in [0.4, 0.5) is 4.39 Å². The van der Waals surface area contributed by atoms with Gasteiger partial charge in [-0.3, -0.25) is 9.78 Å². The van der Waals surface area contributed by atoms with Crippen LogP contribution >= 0.6 is 0 Å². The van der Waals surface area contributed by atoms with Gasteiger partial charge in [-0.15, -0.1) is 10.2 Å². The zero-order chi connectivity index (χ0) is 17.6. The van der Waals surface area contributed by atoms with E-state index in [9.17, 15) is 9.18 Å². The van der Waals surface area contributed by atoms with Crippen LogP contribution in [0.15, 0.2) is 42.6 Å². The smallest absolute Gasteiger partial charge is 0.179 e.